The second-order valence-corrected chi connectivity index (χ2v) is 16.4. The van der Waals surface area contributed by atoms with Crippen molar-refractivity contribution < 1.29 is 14.6 Å². The molecule has 47 heavy (non-hydrogen) atoms. The molecule has 6 rings (SSSR count). The third-order valence-corrected chi connectivity index (χ3v) is 13.1. The zero-order valence-electron chi connectivity index (χ0n) is 29.5. The van der Waals surface area contributed by atoms with Crippen LogP contribution in [0.3, 0.4) is 0 Å². The molecule has 1 amide bonds. The van der Waals surface area contributed by atoms with E-state index in [4.69, 9.17) is 4.74 Å². The number of phenols is 1. The number of phenolic OH excluding ortho intramolecular Hbond substituents is 1. The normalized spacial score (nSPS) is 32.4. The highest BCUT2D eigenvalue weighted by Gasteiger charge is 2.59. The number of anilines is 1. The molecule has 0 spiro atoms. The molecule has 0 radical (unpaired) electrons. The van der Waals surface area contributed by atoms with E-state index in [1.165, 1.54) is 57.8 Å². The molecule has 2 aromatic carbocycles. The Morgan fingerprint density at radius 2 is 1.74 bits per heavy atom. The number of amides is 1. The monoisotopic (exact) mass is 638 g/mol. The SMILES string of the molecule is CC(C)CCC[C@@H](C)[C@H]1CC[C@H]2[C@@H]3CC=C4C[C@@H](OCC(=O)Nc5ccc(N=Cc6ccc(O)cc6)cc5)CC[C@]4(C)[C@H]3CC[C@]12C. The summed E-state index contributed by atoms with van der Waals surface area (Å²) in [6.45, 7) is 12.6. The Balaban J connectivity index is 0.994. The first-order chi connectivity index (χ1) is 22.5. The smallest absolute Gasteiger partial charge is 0.250 e. The van der Waals surface area contributed by atoms with Gasteiger partial charge in [-0.2, -0.15) is 0 Å². The summed E-state index contributed by atoms with van der Waals surface area (Å²) in [6, 6.07) is 14.4. The van der Waals surface area contributed by atoms with E-state index in [9.17, 15) is 9.90 Å². The maximum Gasteiger partial charge on any atom is 0.250 e. The molecule has 3 saturated carbocycles. The number of aliphatic imine (C=N–C) groups is 1. The third-order valence-electron chi connectivity index (χ3n) is 13.1. The van der Waals surface area contributed by atoms with E-state index in [0.717, 1.165) is 65.3 Å². The minimum atomic E-state index is -0.114. The van der Waals surface area contributed by atoms with Gasteiger partial charge >= 0.3 is 0 Å². The van der Waals surface area contributed by atoms with Crippen LogP contribution in [-0.2, 0) is 9.53 Å². The maximum atomic E-state index is 12.8. The number of hydrogen-bond donors (Lipinski definition) is 2. The van der Waals surface area contributed by atoms with Crippen LogP contribution < -0.4 is 5.32 Å². The van der Waals surface area contributed by atoms with E-state index < -0.39 is 0 Å². The Morgan fingerprint density at radius 3 is 2.49 bits per heavy atom. The summed E-state index contributed by atoms with van der Waals surface area (Å²) >= 11 is 0. The van der Waals surface area contributed by atoms with Crippen LogP contribution in [0.15, 0.2) is 65.2 Å². The second-order valence-electron chi connectivity index (χ2n) is 16.4. The van der Waals surface area contributed by atoms with Crippen LogP contribution in [0.5, 0.6) is 5.75 Å². The number of carbonyl (C=O) groups excluding carboxylic acids is 1. The van der Waals surface area contributed by atoms with E-state index in [1.807, 2.05) is 36.4 Å². The van der Waals surface area contributed by atoms with Gasteiger partial charge in [-0.15, -0.1) is 0 Å². The summed E-state index contributed by atoms with van der Waals surface area (Å²) in [6.07, 6.45) is 18.8. The van der Waals surface area contributed by atoms with E-state index in [2.05, 4.69) is 51.0 Å². The molecule has 5 heteroatoms. The Labute approximate surface area is 283 Å². The quantitative estimate of drug-likeness (QED) is 0.190. The van der Waals surface area contributed by atoms with Crippen molar-refractivity contribution in [3.05, 3.63) is 65.7 Å². The molecule has 0 unspecified atom stereocenters. The average molecular weight is 639 g/mol. The fraction of sp³-hybridized carbons (Fsp3) is 0.619. The van der Waals surface area contributed by atoms with Gasteiger partial charge in [0, 0.05) is 11.9 Å². The molecule has 0 aliphatic heterocycles. The highest BCUT2D eigenvalue weighted by atomic mass is 16.5. The highest BCUT2D eigenvalue weighted by molar-refractivity contribution is 5.92. The fourth-order valence-electron chi connectivity index (χ4n) is 10.5. The van der Waals surface area contributed by atoms with Gasteiger partial charge in [-0.05, 0) is 152 Å². The van der Waals surface area contributed by atoms with Crippen molar-refractivity contribution in [1.82, 2.24) is 0 Å². The molecule has 0 heterocycles. The molecule has 0 saturated heterocycles. The van der Waals surface area contributed by atoms with Crippen molar-refractivity contribution in [2.45, 2.75) is 111 Å². The number of aromatic hydroxyl groups is 1. The average Bonchev–Trinajstić information content (AvgIpc) is 3.41. The van der Waals surface area contributed by atoms with Crippen molar-refractivity contribution in [3.8, 4) is 5.75 Å². The Hall–Kier alpha value is -2.92. The summed E-state index contributed by atoms with van der Waals surface area (Å²) in [7, 11) is 0. The highest BCUT2D eigenvalue weighted by Crippen LogP contribution is 2.67. The first kappa shape index (κ1) is 34.0. The summed E-state index contributed by atoms with van der Waals surface area (Å²) in [5, 5.41) is 12.4. The van der Waals surface area contributed by atoms with Crippen molar-refractivity contribution in [1.29, 1.82) is 0 Å². The topological polar surface area (TPSA) is 70.9 Å². The molecule has 4 aliphatic rings. The van der Waals surface area contributed by atoms with Gasteiger partial charge in [-0.25, -0.2) is 0 Å². The molecule has 4 aliphatic carbocycles. The van der Waals surface area contributed by atoms with Gasteiger partial charge in [0.1, 0.15) is 12.4 Å². The summed E-state index contributed by atoms with van der Waals surface area (Å²) in [5.74, 6) is 5.21. The van der Waals surface area contributed by atoms with Gasteiger partial charge < -0.3 is 15.2 Å². The molecule has 3 fully saturated rings. The van der Waals surface area contributed by atoms with Gasteiger partial charge in [0.05, 0.1) is 11.8 Å². The van der Waals surface area contributed by atoms with E-state index in [1.54, 1.807) is 23.9 Å². The van der Waals surface area contributed by atoms with Crippen molar-refractivity contribution in [2.75, 3.05) is 11.9 Å². The minimum absolute atomic E-state index is 0.0820. The van der Waals surface area contributed by atoms with Gasteiger partial charge in [0.2, 0.25) is 5.91 Å². The molecule has 254 valence electrons. The van der Waals surface area contributed by atoms with Crippen molar-refractivity contribution in [3.63, 3.8) is 0 Å². The number of benzene rings is 2. The number of rotatable bonds is 11. The second kappa shape index (κ2) is 14.3. The molecular weight excluding hydrogens is 580 g/mol. The van der Waals surface area contributed by atoms with E-state index in [0.29, 0.717) is 10.8 Å². The van der Waals surface area contributed by atoms with Crippen molar-refractivity contribution in [2.24, 2.45) is 51.3 Å². The summed E-state index contributed by atoms with van der Waals surface area (Å²) in [5.41, 5.74) is 4.87. The van der Waals surface area contributed by atoms with Gasteiger partial charge in [0.15, 0.2) is 0 Å². The number of allylic oxidation sites excluding steroid dienone is 1. The maximum absolute atomic E-state index is 12.8. The van der Waals surface area contributed by atoms with Crippen LogP contribution in [0.4, 0.5) is 11.4 Å². The Bertz CT molecular complexity index is 1430. The molecule has 0 aromatic heterocycles. The van der Waals surface area contributed by atoms with E-state index >= 15 is 0 Å². The first-order valence-electron chi connectivity index (χ1n) is 18.6. The minimum Gasteiger partial charge on any atom is -0.508 e. The summed E-state index contributed by atoms with van der Waals surface area (Å²) in [4.78, 5) is 17.3. The van der Waals surface area contributed by atoms with Gasteiger partial charge in [0.25, 0.3) is 0 Å². The lowest BCUT2D eigenvalue weighted by Crippen LogP contribution is -2.51. The molecule has 0 bridgehead atoms. The number of fused-ring (bicyclic) bond motifs is 5. The van der Waals surface area contributed by atoms with Crippen LogP contribution >= 0.6 is 0 Å². The van der Waals surface area contributed by atoms with Crippen molar-refractivity contribution >= 4 is 23.5 Å². The van der Waals surface area contributed by atoms with Crippen LogP contribution in [0.1, 0.15) is 111 Å². The zero-order valence-corrected chi connectivity index (χ0v) is 29.5. The molecular formula is C42H58N2O3. The number of nitrogens with one attached hydrogen (secondary N) is 1. The number of nitrogens with zero attached hydrogens (tertiary/aromatic N) is 1. The van der Waals surface area contributed by atoms with Crippen LogP contribution in [-0.4, -0.2) is 29.9 Å². The number of carbonyl (C=O) groups is 1. The third kappa shape index (κ3) is 7.41. The largest absolute Gasteiger partial charge is 0.508 e. The lowest BCUT2D eigenvalue weighted by molar-refractivity contribution is -0.123. The van der Waals surface area contributed by atoms with Crippen LogP contribution in [0.25, 0.3) is 0 Å². The number of hydrogen-bond acceptors (Lipinski definition) is 4. The Kier molecular flexibility index (Phi) is 10.3. The molecule has 2 aromatic rings. The standard InChI is InChI=1S/C42H58N2O3/c1-28(2)7-6-8-29(3)37-19-20-38-36-18-11-31-25-35(21-23-41(31,4)39(36)22-24-42(37,38)5)47-27-40(46)44-33-14-12-32(13-15-33)43-26-30-9-16-34(45)17-10-30/h9-17,26,28-29,35-39,45H,6-8,18-25,27H2,1-5H3,(H,44,46)/t29-,35+,36+,37-,38+,39+,41+,42-/m1/s1. The van der Waals surface area contributed by atoms with Gasteiger partial charge in [-0.1, -0.05) is 65.5 Å². The predicted octanol–water partition coefficient (Wildman–Crippen LogP) is 10.5. The summed E-state index contributed by atoms with van der Waals surface area (Å²) < 4.78 is 6.25. The van der Waals surface area contributed by atoms with Crippen LogP contribution in [0.2, 0.25) is 0 Å². The molecule has 5 nitrogen and oxygen atoms in total. The lowest BCUT2D eigenvalue weighted by Gasteiger charge is -2.58. The fourth-order valence-corrected chi connectivity index (χ4v) is 10.5. The van der Waals surface area contributed by atoms with E-state index in [-0.39, 0.29) is 24.4 Å². The first-order valence-corrected chi connectivity index (χ1v) is 18.6. The van der Waals surface area contributed by atoms with Gasteiger partial charge in [-0.3, -0.25) is 9.79 Å². The van der Waals surface area contributed by atoms with Crippen LogP contribution in [0, 0.1) is 46.3 Å². The number of ether oxygens (including phenoxy) is 1. The predicted molar refractivity (Wildman–Crippen MR) is 193 cm³/mol. The lowest BCUT2D eigenvalue weighted by atomic mass is 9.47. The molecule has 2 N–H and O–H groups in total. The zero-order chi connectivity index (χ0) is 33.2. The molecule has 8 atom stereocenters. The Morgan fingerprint density at radius 1 is 0.979 bits per heavy atom.